The number of aromatic nitrogens is 3. The van der Waals surface area contributed by atoms with Crippen LogP contribution in [0.25, 0.3) is 12.2 Å². The lowest BCUT2D eigenvalue weighted by Gasteiger charge is -2.39. The van der Waals surface area contributed by atoms with Gasteiger partial charge in [0.25, 0.3) is 0 Å². The van der Waals surface area contributed by atoms with Crippen LogP contribution in [0.4, 0.5) is 11.6 Å². The summed E-state index contributed by atoms with van der Waals surface area (Å²) in [6.45, 7) is 2.31. The summed E-state index contributed by atoms with van der Waals surface area (Å²) in [5.74, 6) is 0.997. The van der Waals surface area contributed by atoms with Gasteiger partial charge in [0.05, 0.1) is 5.54 Å². The minimum absolute atomic E-state index is 0.228. The fourth-order valence-corrected chi connectivity index (χ4v) is 6.16. The van der Waals surface area contributed by atoms with Crippen molar-refractivity contribution < 1.29 is 0 Å². The third-order valence-electron chi connectivity index (χ3n) is 6.03. The van der Waals surface area contributed by atoms with Crippen molar-refractivity contribution in [2.75, 3.05) is 4.90 Å². The Bertz CT molecular complexity index is 1110. The minimum Gasteiger partial charge on any atom is -0.300 e. The van der Waals surface area contributed by atoms with Crippen molar-refractivity contribution in [1.82, 2.24) is 15.0 Å². The molecule has 0 saturated carbocycles. The van der Waals surface area contributed by atoms with Crippen molar-refractivity contribution in [2.24, 2.45) is 0 Å². The van der Waals surface area contributed by atoms with Crippen LogP contribution in [0.2, 0.25) is 0 Å². The number of thiophene rings is 1. The van der Waals surface area contributed by atoms with E-state index in [-0.39, 0.29) is 11.5 Å². The van der Waals surface area contributed by atoms with Crippen LogP contribution in [-0.2, 0) is 6.42 Å². The van der Waals surface area contributed by atoms with Gasteiger partial charge in [0, 0.05) is 21.4 Å². The molecule has 3 aliphatic rings. The van der Waals surface area contributed by atoms with Gasteiger partial charge in [-0.05, 0) is 54.7 Å². The molecule has 3 heterocycles. The molecule has 0 fully saturated rings. The second-order valence-electron chi connectivity index (χ2n) is 7.49. The van der Waals surface area contributed by atoms with Gasteiger partial charge in [-0.1, -0.05) is 30.4 Å². The van der Waals surface area contributed by atoms with Crippen molar-refractivity contribution in [3.8, 4) is 0 Å². The zero-order chi connectivity index (χ0) is 18.0. The van der Waals surface area contributed by atoms with E-state index in [0.717, 1.165) is 12.8 Å². The van der Waals surface area contributed by atoms with Gasteiger partial charge in [0.2, 0.25) is 5.95 Å². The Hall–Kier alpha value is -2.79. The monoisotopic (exact) mass is 370 g/mol. The van der Waals surface area contributed by atoms with Gasteiger partial charge in [-0.2, -0.15) is 0 Å². The number of hydrogen-bond donors (Lipinski definition) is 0. The molecular formula is C22H18N4S. The van der Waals surface area contributed by atoms with E-state index in [0.29, 0.717) is 5.95 Å². The van der Waals surface area contributed by atoms with Crippen LogP contribution in [0.15, 0.2) is 49.1 Å². The van der Waals surface area contributed by atoms with Crippen LogP contribution < -0.4 is 4.90 Å². The zero-order valence-electron chi connectivity index (χ0n) is 15.0. The molecule has 0 spiro atoms. The van der Waals surface area contributed by atoms with Crippen LogP contribution in [-0.4, -0.2) is 20.5 Å². The largest absolute Gasteiger partial charge is 0.300 e. The number of nitrogens with zero attached hydrogens (tertiary/aromatic N) is 4. The number of hydrogen-bond acceptors (Lipinski definition) is 5. The standard InChI is InChI=1S/C22H18N4S/c1-22-11-10-18-19(15-7-3-5-9-17(15)27-18)20(22)14-6-2-4-8-16(14)26(22)21-24-12-23-13-25-21/h2,4-6,8-13,20H,3,7H2,1H3/t20?,22-/m0/s1. The molecule has 1 unspecified atom stereocenters. The average Bonchev–Trinajstić information content (AvgIpc) is 3.20. The number of fused-ring (bicyclic) bond motifs is 7. The third kappa shape index (κ3) is 1.95. The van der Waals surface area contributed by atoms with Gasteiger partial charge in [0.15, 0.2) is 0 Å². The second-order valence-corrected chi connectivity index (χ2v) is 8.57. The first-order valence-corrected chi connectivity index (χ1v) is 10.1. The van der Waals surface area contributed by atoms with E-state index in [1.54, 1.807) is 12.7 Å². The SMILES string of the molecule is C[C@]12C=Cc3sc4c(c3C1c1ccccc1N2c1ncncn1)CCC=C4. The van der Waals surface area contributed by atoms with E-state index in [2.05, 4.69) is 75.3 Å². The molecule has 0 N–H and O–H groups in total. The van der Waals surface area contributed by atoms with E-state index in [4.69, 9.17) is 0 Å². The normalized spacial score (nSPS) is 24.3. The smallest absolute Gasteiger partial charge is 0.233 e. The van der Waals surface area contributed by atoms with Crippen molar-refractivity contribution in [1.29, 1.82) is 0 Å². The lowest BCUT2D eigenvalue weighted by molar-refractivity contribution is 0.523. The number of para-hydroxylation sites is 1. The van der Waals surface area contributed by atoms with Gasteiger partial charge in [0.1, 0.15) is 12.7 Å². The lowest BCUT2D eigenvalue weighted by atomic mass is 9.73. The predicted molar refractivity (Wildman–Crippen MR) is 109 cm³/mol. The van der Waals surface area contributed by atoms with Gasteiger partial charge in [-0.3, -0.25) is 4.90 Å². The molecule has 3 aromatic rings. The molecule has 2 aliphatic carbocycles. The Kier molecular flexibility index (Phi) is 3.04. The van der Waals surface area contributed by atoms with Crippen LogP contribution in [0.3, 0.4) is 0 Å². The number of anilines is 2. The van der Waals surface area contributed by atoms with Gasteiger partial charge >= 0.3 is 0 Å². The van der Waals surface area contributed by atoms with Crippen molar-refractivity contribution in [2.45, 2.75) is 31.2 Å². The molecule has 1 aliphatic heterocycles. The summed E-state index contributed by atoms with van der Waals surface area (Å²) >= 11 is 1.92. The summed E-state index contributed by atoms with van der Waals surface area (Å²) < 4.78 is 0. The summed E-state index contributed by atoms with van der Waals surface area (Å²) in [5.41, 5.74) is 5.37. The molecule has 0 amide bonds. The first-order chi connectivity index (χ1) is 13.3. The zero-order valence-corrected chi connectivity index (χ0v) is 15.8. The highest BCUT2D eigenvalue weighted by molar-refractivity contribution is 7.14. The van der Waals surface area contributed by atoms with Crippen molar-refractivity contribution in [3.63, 3.8) is 0 Å². The highest BCUT2D eigenvalue weighted by Gasteiger charge is 2.52. The summed E-state index contributed by atoms with van der Waals surface area (Å²) in [6.07, 6.45) is 14.7. The third-order valence-corrected chi connectivity index (χ3v) is 7.21. The fourth-order valence-electron chi connectivity index (χ4n) is 4.94. The number of allylic oxidation sites excluding steroid dienone is 1. The quantitative estimate of drug-likeness (QED) is 0.607. The molecule has 1 aromatic carbocycles. The predicted octanol–water partition coefficient (Wildman–Crippen LogP) is 4.96. The second kappa shape index (κ2) is 5.36. The lowest BCUT2D eigenvalue weighted by Crippen LogP contribution is -2.44. The maximum Gasteiger partial charge on any atom is 0.233 e. The van der Waals surface area contributed by atoms with Gasteiger partial charge < -0.3 is 0 Å². The molecule has 6 rings (SSSR count). The Morgan fingerprint density at radius 2 is 1.96 bits per heavy atom. The Morgan fingerprint density at radius 3 is 2.85 bits per heavy atom. The molecule has 4 nitrogen and oxygen atoms in total. The molecule has 0 bridgehead atoms. The molecule has 2 atom stereocenters. The van der Waals surface area contributed by atoms with Crippen LogP contribution in [0, 0.1) is 0 Å². The molecule has 5 heteroatoms. The van der Waals surface area contributed by atoms with E-state index in [9.17, 15) is 0 Å². The Balaban J connectivity index is 1.64. The number of rotatable bonds is 1. The highest BCUT2D eigenvalue weighted by atomic mass is 32.1. The first kappa shape index (κ1) is 15.3. The Morgan fingerprint density at radius 1 is 1.11 bits per heavy atom. The van der Waals surface area contributed by atoms with Crippen molar-refractivity contribution >= 4 is 35.1 Å². The van der Waals surface area contributed by atoms with E-state index >= 15 is 0 Å². The van der Waals surface area contributed by atoms with Gasteiger partial charge in [-0.25, -0.2) is 15.0 Å². The highest BCUT2D eigenvalue weighted by Crippen LogP contribution is 2.58. The van der Waals surface area contributed by atoms with Crippen LogP contribution in [0.5, 0.6) is 0 Å². The summed E-state index contributed by atoms with van der Waals surface area (Å²) in [6, 6.07) is 8.71. The Labute approximate surface area is 161 Å². The molecule has 27 heavy (non-hydrogen) atoms. The topological polar surface area (TPSA) is 41.9 Å². The summed E-state index contributed by atoms with van der Waals surface area (Å²) in [4.78, 5) is 18.1. The summed E-state index contributed by atoms with van der Waals surface area (Å²) in [5, 5.41) is 0. The molecule has 132 valence electrons. The van der Waals surface area contributed by atoms with Crippen LogP contribution in [0.1, 0.15) is 45.7 Å². The molecule has 0 saturated heterocycles. The van der Waals surface area contributed by atoms with Crippen molar-refractivity contribution in [3.05, 3.63) is 75.5 Å². The molecule has 2 aromatic heterocycles. The fraction of sp³-hybridized carbons (Fsp3) is 0.227. The van der Waals surface area contributed by atoms with E-state index < -0.39 is 0 Å². The molecular weight excluding hydrogens is 352 g/mol. The van der Waals surface area contributed by atoms with Crippen LogP contribution >= 0.6 is 11.3 Å². The number of benzene rings is 1. The maximum atomic E-state index is 4.49. The maximum absolute atomic E-state index is 4.49. The van der Waals surface area contributed by atoms with E-state index in [1.165, 1.54) is 32.1 Å². The average molecular weight is 370 g/mol. The minimum atomic E-state index is -0.228. The first-order valence-electron chi connectivity index (χ1n) is 9.30. The van der Waals surface area contributed by atoms with Gasteiger partial charge in [-0.15, -0.1) is 11.3 Å². The molecule has 0 radical (unpaired) electrons. The summed E-state index contributed by atoms with van der Waals surface area (Å²) in [7, 11) is 0. The van der Waals surface area contributed by atoms with E-state index in [1.807, 2.05) is 11.3 Å².